The van der Waals surface area contributed by atoms with Gasteiger partial charge in [-0.05, 0) is 29.9 Å². The minimum absolute atomic E-state index is 0.389. The molecule has 0 aliphatic heterocycles. The molecule has 0 unspecified atom stereocenters. The molecular formula is C11H15N3S. The Bertz CT molecular complexity index is 468. The van der Waals surface area contributed by atoms with Crippen LogP contribution >= 0.6 is 11.3 Å². The molecule has 2 rings (SSSR count). The second-order valence-corrected chi connectivity index (χ2v) is 4.90. The number of thiophene rings is 1. The Morgan fingerprint density at radius 3 is 2.73 bits per heavy atom. The van der Waals surface area contributed by atoms with Crippen molar-refractivity contribution in [2.75, 3.05) is 5.73 Å². The number of rotatable bonds is 2. The summed E-state index contributed by atoms with van der Waals surface area (Å²) in [6.45, 7) is 6.37. The fourth-order valence-corrected chi connectivity index (χ4v) is 2.69. The highest BCUT2D eigenvalue weighted by atomic mass is 32.1. The summed E-state index contributed by atoms with van der Waals surface area (Å²) in [4.78, 5) is 1.24. The average molecular weight is 221 g/mol. The molecule has 0 aliphatic carbocycles. The molecule has 0 aromatic carbocycles. The monoisotopic (exact) mass is 221 g/mol. The molecule has 0 radical (unpaired) electrons. The number of aryl methyl sites for hydroxylation is 1. The van der Waals surface area contributed by atoms with Gasteiger partial charge in [-0.25, -0.2) is 0 Å². The molecule has 15 heavy (non-hydrogen) atoms. The molecule has 2 heterocycles. The minimum Gasteiger partial charge on any atom is -0.382 e. The first kappa shape index (κ1) is 10.2. The lowest BCUT2D eigenvalue weighted by Crippen LogP contribution is -1.94. The number of nitrogen functional groups attached to an aromatic ring is 1. The van der Waals surface area contributed by atoms with Crippen molar-refractivity contribution < 1.29 is 0 Å². The Morgan fingerprint density at radius 2 is 2.20 bits per heavy atom. The van der Waals surface area contributed by atoms with E-state index in [2.05, 4.69) is 42.4 Å². The quantitative estimate of drug-likeness (QED) is 0.818. The van der Waals surface area contributed by atoms with Crippen molar-refractivity contribution in [3.05, 3.63) is 22.6 Å². The summed E-state index contributed by atoms with van der Waals surface area (Å²) in [6, 6.07) is 2.11. The van der Waals surface area contributed by atoms with Crippen LogP contribution < -0.4 is 5.73 Å². The first-order chi connectivity index (χ1) is 7.11. The number of nitrogens with two attached hydrogens (primary N) is 1. The van der Waals surface area contributed by atoms with Crippen molar-refractivity contribution in [3.63, 3.8) is 0 Å². The van der Waals surface area contributed by atoms with Gasteiger partial charge in [0.15, 0.2) is 0 Å². The summed E-state index contributed by atoms with van der Waals surface area (Å²) in [6.07, 6.45) is 0. The molecule has 4 heteroatoms. The van der Waals surface area contributed by atoms with Crippen LogP contribution in [0.3, 0.4) is 0 Å². The van der Waals surface area contributed by atoms with Gasteiger partial charge in [-0.1, -0.05) is 13.8 Å². The van der Waals surface area contributed by atoms with Crippen molar-refractivity contribution in [3.8, 4) is 10.6 Å². The van der Waals surface area contributed by atoms with Crippen molar-refractivity contribution in [1.29, 1.82) is 0 Å². The van der Waals surface area contributed by atoms with Crippen LogP contribution in [0, 0.1) is 6.92 Å². The molecule has 2 aromatic rings. The number of nitrogens with one attached hydrogen (secondary N) is 1. The Kier molecular flexibility index (Phi) is 2.52. The van der Waals surface area contributed by atoms with Gasteiger partial charge in [0.25, 0.3) is 0 Å². The molecule has 0 aliphatic rings. The molecule has 2 aromatic heterocycles. The molecule has 80 valence electrons. The van der Waals surface area contributed by atoms with Gasteiger partial charge in [0, 0.05) is 5.56 Å². The molecule has 0 saturated carbocycles. The Labute approximate surface area is 93.3 Å². The van der Waals surface area contributed by atoms with Crippen LogP contribution in [-0.4, -0.2) is 10.2 Å². The van der Waals surface area contributed by atoms with E-state index in [-0.39, 0.29) is 0 Å². The second kappa shape index (κ2) is 3.70. The van der Waals surface area contributed by atoms with E-state index >= 15 is 0 Å². The van der Waals surface area contributed by atoms with Gasteiger partial charge in [0.2, 0.25) is 0 Å². The van der Waals surface area contributed by atoms with Gasteiger partial charge >= 0.3 is 0 Å². The van der Waals surface area contributed by atoms with E-state index in [1.165, 1.54) is 10.4 Å². The maximum atomic E-state index is 5.86. The van der Waals surface area contributed by atoms with Crippen LogP contribution in [0.15, 0.2) is 11.4 Å². The Hall–Kier alpha value is -1.29. The molecule has 0 bridgehead atoms. The standard InChI is InChI=1S/C11H15N3S/c1-6(2)8-9(13-14-11(8)12)10-7(3)4-5-15-10/h4-6H,1-3H3,(H3,12,13,14). The highest BCUT2D eigenvalue weighted by Crippen LogP contribution is 2.35. The lowest BCUT2D eigenvalue weighted by atomic mass is 10.0. The van der Waals surface area contributed by atoms with Gasteiger partial charge in [0.05, 0.1) is 10.6 Å². The summed E-state index contributed by atoms with van der Waals surface area (Å²) >= 11 is 1.72. The molecule has 3 N–H and O–H groups in total. The van der Waals surface area contributed by atoms with Crippen LogP contribution in [0.25, 0.3) is 10.6 Å². The first-order valence-electron chi connectivity index (χ1n) is 4.99. The number of aromatic amines is 1. The molecule has 0 saturated heterocycles. The van der Waals surface area contributed by atoms with Gasteiger partial charge in [0.1, 0.15) is 5.82 Å². The van der Waals surface area contributed by atoms with E-state index in [9.17, 15) is 0 Å². The van der Waals surface area contributed by atoms with E-state index in [0.717, 1.165) is 11.3 Å². The molecule has 0 spiro atoms. The van der Waals surface area contributed by atoms with E-state index in [1.54, 1.807) is 11.3 Å². The Morgan fingerprint density at radius 1 is 1.47 bits per heavy atom. The van der Waals surface area contributed by atoms with Crippen LogP contribution in [0.4, 0.5) is 5.82 Å². The summed E-state index contributed by atoms with van der Waals surface area (Å²) in [5.41, 5.74) is 9.33. The number of hydrogen-bond acceptors (Lipinski definition) is 3. The smallest absolute Gasteiger partial charge is 0.149 e. The fourth-order valence-electron chi connectivity index (χ4n) is 1.75. The third-order valence-electron chi connectivity index (χ3n) is 2.50. The van der Waals surface area contributed by atoms with Crippen molar-refractivity contribution in [2.45, 2.75) is 26.7 Å². The second-order valence-electron chi connectivity index (χ2n) is 3.98. The van der Waals surface area contributed by atoms with E-state index < -0.39 is 0 Å². The molecule has 0 atom stereocenters. The maximum Gasteiger partial charge on any atom is 0.149 e. The lowest BCUT2D eigenvalue weighted by Gasteiger charge is -2.06. The van der Waals surface area contributed by atoms with Crippen molar-refractivity contribution in [1.82, 2.24) is 10.2 Å². The number of aromatic nitrogens is 2. The summed E-state index contributed by atoms with van der Waals surface area (Å²) in [5.74, 6) is 1.01. The Balaban J connectivity index is 2.59. The third kappa shape index (κ3) is 1.65. The predicted molar refractivity (Wildman–Crippen MR) is 65.1 cm³/mol. The molecule has 0 amide bonds. The van der Waals surface area contributed by atoms with E-state index in [4.69, 9.17) is 5.73 Å². The highest BCUT2D eigenvalue weighted by Gasteiger charge is 2.17. The maximum absolute atomic E-state index is 5.86. The summed E-state index contributed by atoms with van der Waals surface area (Å²) < 4.78 is 0. The summed E-state index contributed by atoms with van der Waals surface area (Å²) in [5, 5.41) is 9.22. The third-order valence-corrected chi connectivity index (χ3v) is 3.53. The number of nitrogens with zero attached hydrogens (tertiary/aromatic N) is 1. The largest absolute Gasteiger partial charge is 0.382 e. The number of H-pyrrole nitrogens is 1. The lowest BCUT2D eigenvalue weighted by molar-refractivity contribution is 0.873. The number of anilines is 1. The van der Waals surface area contributed by atoms with E-state index in [1.807, 2.05) is 0 Å². The van der Waals surface area contributed by atoms with Gasteiger partial charge in [-0.2, -0.15) is 5.10 Å². The average Bonchev–Trinajstić information content (AvgIpc) is 2.71. The topological polar surface area (TPSA) is 54.7 Å². The summed E-state index contributed by atoms with van der Waals surface area (Å²) in [7, 11) is 0. The molecule has 3 nitrogen and oxygen atoms in total. The number of hydrogen-bond donors (Lipinski definition) is 2. The van der Waals surface area contributed by atoms with Crippen molar-refractivity contribution in [2.24, 2.45) is 0 Å². The van der Waals surface area contributed by atoms with Gasteiger partial charge in [-0.15, -0.1) is 11.3 Å². The predicted octanol–water partition coefficient (Wildman–Crippen LogP) is 3.15. The van der Waals surface area contributed by atoms with Gasteiger partial charge in [-0.3, -0.25) is 5.10 Å². The zero-order chi connectivity index (χ0) is 11.0. The first-order valence-corrected chi connectivity index (χ1v) is 5.87. The molecule has 0 fully saturated rings. The van der Waals surface area contributed by atoms with Crippen LogP contribution in [0.1, 0.15) is 30.9 Å². The van der Waals surface area contributed by atoms with Gasteiger partial charge < -0.3 is 5.73 Å². The van der Waals surface area contributed by atoms with Crippen LogP contribution in [0.2, 0.25) is 0 Å². The SMILES string of the molecule is Cc1ccsc1-c1[nH]nc(N)c1C(C)C. The van der Waals surface area contributed by atoms with E-state index in [0.29, 0.717) is 11.7 Å². The normalized spacial score (nSPS) is 11.2. The fraction of sp³-hybridized carbons (Fsp3) is 0.364. The van der Waals surface area contributed by atoms with Crippen LogP contribution in [0.5, 0.6) is 0 Å². The van der Waals surface area contributed by atoms with Crippen molar-refractivity contribution >= 4 is 17.2 Å². The minimum atomic E-state index is 0.389. The zero-order valence-electron chi connectivity index (χ0n) is 9.16. The molecular weight excluding hydrogens is 206 g/mol. The highest BCUT2D eigenvalue weighted by molar-refractivity contribution is 7.13. The zero-order valence-corrected chi connectivity index (χ0v) is 9.98. The van der Waals surface area contributed by atoms with Crippen LogP contribution in [-0.2, 0) is 0 Å².